The Morgan fingerprint density at radius 3 is 2.14 bits per heavy atom. The molecular formula is C23H16N6. The average Bonchev–Trinajstić information content (AvgIpc) is 3.53. The fourth-order valence-electron chi connectivity index (χ4n) is 3.95. The maximum absolute atomic E-state index is 4.33. The number of nitrogens with zero attached hydrogens (tertiary/aromatic N) is 6. The van der Waals surface area contributed by atoms with Crippen molar-refractivity contribution in [3.63, 3.8) is 0 Å². The van der Waals surface area contributed by atoms with E-state index in [1.54, 1.807) is 10.9 Å². The molecule has 0 unspecified atom stereocenters. The molecule has 3 aromatic carbocycles. The highest BCUT2D eigenvalue weighted by Gasteiger charge is 2.20. The zero-order valence-electron chi connectivity index (χ0n) is 15.5. The summed E-state index contributed by atoms with van der Waals surface area (Å²) in [5.41, 5.74) is 9.12. The van der Waals surface area contributed by atoms with Gasteiger partial charge in [0, 0.05) is 5.56 Å². The third-order valence-electron chi connectivity index (χ3n) is 5.36. The molecule has 0 fully saturated rings. The molecule has 138 valence electrons. The van der Waals surface area contributed by atoms with Crippen molar-refractivity contribution in [3.05, 3.63) is 96.4 Å². The molecule has 6 rings (SSSR count). The number of fused-ring (bicyclic) bond motifs is 3. The van der Waals surface area contributed by atoms with Crippen LogP contribution in [0.1, 0.15) is 11.1 Å². The summed E-state index contributed by atoms with van der Waals surface area (Å²) in [5, 5.41) is 16.7. The van der Waals surface area contributed by atoms with Crippen molar-refractivity contribution in [2.24, 2.45) is 0 Å². The predicted octanol–water partition coefficient (Wildman–Crippen LogP) is 4.09. The summed E-state index contributed by atoms with van der Waals surface area (Å²) in [6, 6.07) is 23.0. The van der Waals surface area contributed by atoms with Crippen LogP contribution < -0.4 is 0 Å². The Morgan fingerprint density at radius 1 is 0.724 bits per heavy atom. The second-order valence-corrected chi connectivity index (χ2v) is 7.12. The van der Waals surface area contributed by atoms with E-state index in [0.717, 1.165) is 29.1 Å². The van der Waals surface area contributed by atoms with Gasteiger partial charge in [-0.3, -0.25) is 0 Å². The summed E-state index contributed by atoms with van der Waals surface area (Å²) in [6.45, 7) is 0. The Hall–Kier alpha value is -4.06. The number of aromatic nitrogens is 6. The van der Waals surface area contributed by atoms with Crippen LogP contribution in [0.2, 0.25) is 0 Å². The minimum Gasteiger partial charge on any atom is -0.221 e. The lowest BCUT2D eigenvalue weighted by Crippen LogP contribution is -1.96. The minimum absolute atomic E-state index is 0.867. The van der Waals surface area contributed by atoms with Gasteiger partial charge in [-0.1, -0.05) is 52.9 Å². The maximum Gasteiger partial charge on any atom is 0.113 e. The first-order chi connectivity index (χ1) is 14.3. The SMILES string of the molecule is c1ccc(-c2cn(-c3ccc4c(c3)Cc3cc(-n5ccnn5)ccc3-4)nn2)cc1. The van der Waals surface area contributed by atoms with Crippen LogP contribution in [0.15, 0.2) is 85.3 Å². The number of hydrogen-bond donors (Lipinski definition) is 0. The summed E-state index contributed by atoms with van der Waals surface area (Å²) < 4.78 is 3.63. The van der Waals surface area contributed by atoms with Crippen molar-refractivity contribution in [2.45, 2.75) is 6.42 Å². The first-order valence-electron chi connectivity index (χ1n) is 9.46. The molecule has 0 saturated heterocycles. The van der Waals surface area contributed by atoms with E-state index in [2.05, 4.69) is 57.0 Å². The molecule has 0 radical (unpaired) electrons. The molecule has 0 saturated carbocycles. The summed E-state index contributed by atoms with van der Waals surface area (Å²) in [5.74, 6) is 0. The molecule has 5 aromatic rings. The van der Waals surface area contributed by atoms with Gasteiger partial charge in [0.15, 0.2) is 0 Å². The number of rotatable bonds is 3. The van der Waals surface area contributed by atoms with Gasteiger partial charge >= 0.3 is 0 Å². The monoisotopic (exact) mass is 376 g/mol. The average molecular weight is 376 g/mol. The van der Waals surface area contributed by atoms with Gasteiger partial charge in [-0.05, 0) is 52.9 Å². The molecule has 0 N–H and O–H groups in total. The van der Waals surface area contributed by atoms with Crippen molar-refractivity contribution >= 4 is 0 Å². The lowest BCUT2D eigenvalue weighted by molar-refractivity contribution is 0.802. The van der Waals surface area contributed by atoms with Gasteiger partial charge in [-0.15, -0.1) is 10.2 Å². The third-order valence-corrected chi connectivity index (χ3v) is 5.36. The third kappa shape index (κ3) is 2.65. The van der Waals surface area contributed by atoms with Crippen LogP contribution in [-0.2, 0) is 6.42 Å². The van der Waals surface area contributed by atoms with E-state index < -0.39 is 0 Å². The van der Waals surface area contributed by atoms with Crippen molar-refractivity contribution in [1.29, 1.82) is 0 Å². The van der Waals surface area contributed by atoms with Crippen molar-refractivity contribution < 1.29 is 0 Å². The highest BCUT2D eigenvalue weighted by Crippen LogP contribution is 2.38. The molecule has 1 aliphatic carbocycles. The minimum atomic E-state index is 0.867. The van der Waals surface area contributed by atoms with E-state index in [1.807, 2.05) is 47.4 Å². The van der Waals surface area contributed by atoms with Crippen LogP contribution in [-0.4, -0.2) is 30.0 Å². The molecule has 0 aliphatic heterocycles. The van der Waals surface area contributed by atoms with Gasteiger partial charge in [-0.2, -0.15) is 0 Å². The first kappa shape index (κ1) is 15.9. The van der Waals surface area contributed by atoms with Crippen molar-refractivity contribution in [3.8, 4) is 33.8 Å². The van der Waals surface area contributed by atoms with Gasteiger partial charge in [0.2, 0.25) is 0 Å². The molecule has 6 heteroatoms. The molecule has 29 heavy (non-hydrogen) atoms. The molecule has 2 aromatic heterocycles. The summed E-state index contributed by atoms with van der Waals surface area (Å²) >= 11 is 0. The van der Waals surface area contributed by atoms with E-state index in [0.29, 0.717) is 0 Å². The molecule has 0 amide bonds. The topological polar surface area (TPSA) is 61.4 Å². The van der Waals surface area contributed by atoms with Gasteiger partial charge in [-0.25, -0.2) is 9.36 Å². The standard InChI is InChI=1S/C23H16N6/c1-2-4-16(5-3-1)23-15-29(27-25-23)20-7-9-22-18(14-20)12-17-13-19(6-8-21(17)22)28-11-10-24-26-28/h1-11,13-15H,12H2. The van der Waals surface area contributed by atoms with Crippen LogP contribution in [0.5, 0.6) is 0 Å². The van der Waals surface area contributed by atoms with Gasteiger partial charge in [0.05, 0.1) is 30.0 Å². The second-order valence-electron chi connectivity index (χ2n) is 7.12. The number of benzene rings is 3. The van der Waals surface area contributed by atoms with E-state index in [4.69, 9.17) is 0 Å². The maximum atomic E-state index is 4.33. The van der Waals surface area contributed by atoms with Gasteiger partial charge < -0.3 is 0 Å². The lowest BCUT2D eigenvalue weighted by atomic mass is 10.1. The van der Waals surface area contributed by atoms with Crippen LogP contribution >= 0.6 is 0 Å². The first-order valence-corrected chi connectivity index (χ1v) is 9.46. The smallest absolute Gasteiger partial charge is 0.113 e. The van der Waals surface area contributed by atoms with E-state index in [1.165, 1.54) is 22.3 Å². The Balaban J connectivity index is 1.34. The second kappa shape index (κ2) is 6.24. The highest BCUT2D eigenvalue weighted by molar-refractivity contribution is 5.78. The largest absolute Gasteiger partial charge is 0.221 e. The van der Waals surface area contributed by atoms with E-state index in [-0.39, 0.29) is 0 Å². The molecule has 0 bridgehead atoms. The fourth-order valence-corrected chi connectivity index (χ4v) is 3.95. The summed E-state index contributed by atoms with van der Waals surface area (Å²) in [4.78, 5) is 0. The quantitative estimate of drug-likeness (QED) is 0.467. The lowest BCUT2D eigenvalue weighted by Gasteiger charge is -2.05. The molecule has 6 nitrogen and oxygen atoms in total. The molecule has 0 atom stereocenters. The van der Waals surface area contributed by atoms with Crippen molar-refractivity contribution in [1.82, 2.24) is 30.0 Å². The zero-order chi connectivity index (χ0) is 19.2. The number of hydrogen-bond acceptors (Lipinski definition) is 4. The van der Waals surface area contributed by atoms with Crippen LogP contribution in [0.3, 0.4) is 0 Å². The Morgan fingerprint density at radius 2 is 1.45 bits per heavy atom. The zero-order valence-corrected chi connectivity index (χ0v) is 15.5. The van der Waals surface area contributed by atoms with Gasteiger partial charge in [0.1, 0.15) is 5.69 Å². The molecule has 0 spiro atoms. The summed E-state index contributed by atoms with van der Waals surface area (Å²) in [7, 11) is 0. The van der Waals surface area contributed by atoms with Crippen molar-refractivity contribution in [2.75, 3.05) is 0 Å². The fraction of sp³-hybridized carbons (Fsp3) is 0.0435. The Bertz CT molecular complexity index is 1320. The van der Waals surface area contributed by atoms with Crippen LogP contribution in [0.4, 0.5) is 0 Å². The van der Waals surface area contributed by atoms with Gasteiger partial charge in [0.25, 0.3) is 0 Å². The highest BCUT2D eigenvalue weighted by atomic mass is 15.4. The summed E-state index contributed by atoms with van der Waals surface area (Å²) in [6.07, 6.45) is 6.41. The Labute approximate surface area is 167 Å². The Kier molecular flexibility index (Phi) is 3.43. The molecule has 2 heterocycles. The normalized spacial score (nSPS) is 12.0. The molecular weight excluding hydrogens is 360 g/mol. The van der Waals surface area contributed by atoms with Crippen LogP contribution in [0.25, 0.3) is 33.8 Å². The van der Waals surface area contributed by atoms with E-state index in [9.17, 15) is 0 Å². The predicted molar refractivity (Wildman–Crippen MR) is 110 cm³/mol. The van der Waals surface area contributed by atoms with Crippen LogP contribution in [0, 0.1) is 0 Å². The van der Waals surface area contributed by atoms with E-state index >= 15 is 0 Å². The molecule has 1 aliphatic rings.